The lowest BCUT2D eigenvalue weighted by Gasteiger charge is -1.95. The van der Waals surface area contributed by atoms with Gasteiger partial charge in [0.2, 0.25) is 0 Å². The van der Waals surface area contributed by atoms with E-state index in [0.717, 1.165) is 0 Å². The number of nitrogens with one attached hydrogen (secondary N) is 1. The number of aromatic amines is 1. The molecule has 0 aliphatic rings. The van der Waals surface area contributed by atoms with E-state index in [9.17, 15) is 5.11 Å². The van der Waals surface area contributed by atoms with E-state index in [2.05, 4.69) is 9.97 Å². The number of nitrogens with zero attached hydrogens (tertiary/aromatic N) is 1. The Labute approximate surface area is 62.1 Å². The molecule has 1 aromatic carbocycles. The Hall–Kier alpha value is -1.71. The van der Waals surface area contributed by atoms with Crippen molar-refractivity contribution in [1.82, 2.24) is 9.97 Å². The Morgan fingerprint density at radius 2 is 2.09 bits per heavy atom. The lowest BCUT2D eigenvalue weighted by Crippen LogP contribution is -1.72. The highest BCUT2D eigenvalue weighted by Crippen LogP contribution is 2.30. The number of aromatic hydroxyl groups is 2. The first-order valence-electron chi connectivity index (χ1n) is 3.13. The van der Waals surface area contributed by atoms with Gasteiger partial charge in [0, 0.05) is 0 Å². The molecule has 11 heavy (non-hydrogen) atoms. The van der Waals surface area contributed by atoms with Gasteiger partial charge < -0.3 is 15.2 Å². The molecule has 1 aromatic heterocycles. The Kier molecular flexibility index (Phi) is 1.03. The number of hydrogen-bond acceptors (Lipinski definition) is 3. The standard InChI is InChI=1S/C7H6N2O2/c10-5-2-1-4-6(7(5)11)9-3-8-4/h1-3,10-11H,(H,8,9). The smallest absolute Gasteiger partial charge is 0.185 e. The molecule has 0 saturated heterocycles. The molecular formula is C7H6N2O2. The van der Waals surface area contributed by atoms with Gasteiger partial charge in [0.1, 0.15) is 5.52 Å². The Morgan fingerprint density at radius 1 is 1.27 bits per heavy atom. The zero-order valence-electron chi connectivity index (χ0n) is 5.57. The number of imidazole rings is 1. The van der Waals surface area contributed by atoms with Gasteiger partial charge in [-0.2, -0.15) is 0 Å². The van der Waals surface area contributed by atoms with Crippen LogP contribution < -0.4 is 0 Å². The Morgan fingerprint density at radius 3 is 2.91 bits per heavy atom. The van der Waals surface area contributed by atoms with Crippen LogP contribution in [0.15, 0.2) is 18.5 Å². The van der Waals surface area contributed by atoms with Gasteiger partial charge in [-0.25, -0.2) is 4.98 Å². The molecule has 2 aromatic rings. The second-order valence-corrected chi connectivity index (χ2v) is 2.23. The van der Waals surface area contributed by atoms with Crippen LogP contribution in [0.1, 0.15) is 0 Å². The van der Waals surface area contributed by atoms with Crippen molar-refractivity contribution >= 4 is 11.0 Å². The number of rotatable bonds is 0. The minimum absolute atomic E-state index is 0.149. The SMILES string of the molecule is Oc1ccc2[nH]cnc2c1O. The fourth-order valence-corrected chi connectivity index (χ4v) is 0.983. The summed E-state index contributed by atoms with van der Waals surface area (Å²) >= 11 is 0. The van der Waals surface area contributed by atoms with Crippen molar-refractivity contribution in [2.24, 2.45) is 0 Å². The molecule has 0 bridgehead atoms. The zero-order chi connectivity index (χ0) is 7.84. The maximum atomic E-state index is 9.21. The van der Waals surface area contributed by atoms with E-state index >= 15 is 0 Å². The van der Waals surface area contributed by atoms with Crippen molar-refractivity contribution in [3.8, 4) is 11.5 Å². The fourth-order valence-electron chi connectivity index (χ4n) is 0.983. The van der Waals surface area contributed by atoms with Crippen molar-refractivity contribution < 1.29 is 10.2 Å². The van der Waals surface area contributed by atoms with Crippen LogP contribution in [0.4, 0.5) is 0 Å². The molecule has 0 unspecified atom stereocenters. The molecule has 1 heterocycles. The summed E-state index contributed by atoms with van der Waals surface area (Å²) in [5.74, 6) is -0.326. The maximum Gasteiger partial charge on any atom is 0.185 e. The lowest BCUT2D eigenvalue weighted by molar-refractivity contribution is 0.407. The number of phenolic OH excluding ortho intramolecular Hbond substituents is 2. The third-order valence-corrected chi connectivity index (χ3v) is 1.54. The summed E-state index contributed by atoms with van der Waals surface area (Å²) in [4.78, 5) is 6.62. The summed E-state index contributed by atoms with van der Waals surface area (Å²) in [6.07, 6.45) is 1.46. The minimum atomic E-state index is -0.177. The predicted molar refractivity (Wildman–Crippen MR) is 39.4 cm³/mol. The van der Waals surface area contributed by atoms with Crippen molar-refractivity contribution in [3.05, 3.63) is 18.5 Å². The van der Waals surface area contributed by atoms with Crippen LogP contribution in [-0.4, -0.2) is 20.2 Å². The Balaban J connectivity index is 2.93. The molecule has 0 radical (unpaired) electrons. The second-order valence-electron chi connectivity index (χ2n) is 2.23. The molecule has 0 aliphatic carbocycles. The van der Waals surface area contributed by atoms with Gasteiger partial charge in [0.25, 0.3) is 0 Å². The van der Waals surface area contributed by atoms with Crippen LogP contribution in [0, 0.1) is 0 Å². The highest BCUT2D eigenvalue weighted by atomic mass is 16.3. The third-order valence-electron chi connectivity index (χ3n) is 1.54. The molecule has 56 valence electrons. The van der Waals surface area contributed by atoms with Gasteiger partial charge in [-0.15, -0.1) is 0 Å². The quantitative estimate of drug-likeness (QED) is 0.490. The van der Waals surface area contributed by atoms with E-state index in [-0.39, 0.29) is 11.5 Å². The molecule has 0 aliphatic heterocycles. The van der Waals surface area contributed by atoms with Gasteiger partial charge in [-0.1, -0.05) is 0 Å². The largest absolute Gasteiger partial charge is 0.504 e. The number of phenols is 2. The molecule has 0 spiro atoms. The predicted octanol–water partition coefficient (Wildman–Crippen LogP) is 0.974. The topological polar surface area (TPSA) is 69.1 Å². The first-order valence-corrected chi connectivity index (χ1v) is 3.13. The summed E-state index contributed by atoms with van der Waals surface area (Å²) in [6.45, 7) is 0. The van der Waals surface area contributed by atoms with Crippen LogP contribution >= 0.6 is 0 Å². The monoisotopic (exact) mass is 150 g/mol. The van der Waals surface area contributed by atoms with Crippen molar-refractivity contribution in [2.75, 3.05) is 0 Å². The van der Waals surface area contributed by atoms with Gasteiger partial charge in [-0.05, 0) is 12.1 Å². The van der Waals surface area contributed by atoms with Crippen LogP contribution in [0.3, 0.4) is 0 Å². The summed E-state index contributed by atoms with van der Waals surface area (Å²) in [5.41, 5.74) is 1.10. The van der Waals surface area contributed by atoms with Crippen LogP contribution in [0.25, 0.3) is 11.0 Å². The Bertz CT molecular complexity index is 394. The number of benzene rings is 1. The summed E-state index contributed by atoms with van der Waals surface area (Å²) in [5, 5.41) is 18.2. The van der Waals surface area contributed by atoms with Gasteiger partial charge in [0.05, 0.1) is 11.8 Å². The zero-order valence-corrected chi connectivity index (χ0v) is 5.57. The third kappa shape index (κ3) is 0.724. The normalized spacial score (nSPS) is 10.5. The molecule has 0 amide bonds. The van der Waals surface area contributed by atoms with Crippen molar-refractivity contribution in [3.63, 3.8) is 0 Å². The lowest BCUT2D eigenvalue weighted by atomic mass is 10.3. The summed E-state index contributed by atoms with van der Waals surface area (Å²) in [6, 6.07) is 3.06. The van der Waals surface area contributed by atoms with E-state index in [1.165, 1.54) is 12.4 Å². The average molecular weight is 150 g/mol. The number of aromatic nitrogens is 2. The number of H-pyrrole nitrogens is 1. The molecule has 0 saturated carbocycles. The first kappa shape index (κ1) is 6.03. The van der Waals surface area contributed by atoms with Gasteiger partial charge >= 0.3 is 0 Å². The maximum absolute atomic E-state index is 9.21. The van der Waals surface area contributed by atoms with E-state index < -0.39 is 0 Å². The first-order chi connectivity index (χ1) is 5.29. The number of hydrogen-bond donors (Lipinski definition) is 3. The van der Waals surface area contributed by atoms with Crippen LogP contribution in [0.2, 0.25) is 0 Å². The molecular weight excluding hydrogens is 144 g/mol. The minimum Gasteiger partial charge on any atom is -0.504 e. The second kappa shape index (κ2) is 1.88. The van der Waals surface area contributed by atoms with Crippen molar-refractivity contribution in [1.29, 1.82) is 0 Å². The highest BCUT2D eigenvalue weighted by molar-refractivity contribution is 5.83. The van der Waals surface area contributed by atoms with Crippen molar-refractivity contribution in [2.45, 2.75) is 0 Å². The van der Waals surface area contributed by atoms with E-state index in [1.807, 2.05) is 0 Å². The van der Waals surface area contributed by atoms with Gasteiger partial charge in [-0.3, -0.25) is 0 Å². The molecule has 0 atom stereocenters. The fraction of sp³-hybridized carbons (Fsp3) is 0. The summed E-state index contributed by atoms with van der Waals surface area (Å²) in [7, 11) is 0. The van der Waals surface area contributed by atoms with E-state index in [4.69, 9.17) is 5.11 Å². The summed E-state index contributed by atoms with van der Waals surface area (Å²) < 4.78 is 0. The molecule has 3 N–H and O–H groups in total. The van der Waals surface area contributed by atoms with Gasteiger partial charge in [0.15, 0.2) is 11.5 Å². The van der Waals surface area contributed by atoms with Crippen LogP contribution in [0.5, 0.6) is 11.5 Å². The molecule has 4 nitrogen and oxygen atoms in total. The van der Waals surface area contributed by atoms with Crippen LogP contribution in [-0.2, 0) is 0 Å². The molecule has 0 fully saturated rings. The average Bonchev–Trinajstić information content (AvgIpc) is 2.45. The van der Waals surface area contributed by atoms with E-state index in [1.54, 1.807) is 6.07 Å². The molecule has 4 heteroatoms. The van der Waals surface area contributed by atoms with E-state index in [0.29, 0.717) is 11.0 Å². The highest BCUT2D eigenvalue weighted by Gasteiger charge is 2.05. The molecule has 2 rings (SSSR count). The number of fused-ring (bicyclic) bond motifs is 1.